The molecule has 0 amide bonds. The lowest BCUT2D eigenvalue weighted by molar-refractivity contribution is 0.269. The summed E-state index contributed by atoms with van der Waals surface area (Å²) in [6.45, 7) is 6.46. The van der Waals surface area contributed by atoms with Crippen LogP contribution in [0.5, 0.6) is 0 Å². The summed E-state index contributed by atoms with van der Waals surface area (Å²) >= 11 is 5.76. The minimum absolute atomic E-state index is 0.474. The van der Waals surface area contributed by atoms with Gasteiger partial charge in [-0.3, -0.25) is 0 Å². The van der Waals surface area contributed by atoms with E-state index in [-0.39, 0.29) is 0 Å². The number of hydrogen-bond acceptors (Lipinski definition) is 4. The summed E-state index contributed by atoms with van der Waals surface area (Å²) in [6, 6.07) is 2.35. The largest absolute Gasteiger partial charge is 0.370 e. The second-order valence-electron chi connectivity index (χ2n) is 4.43. The number of anilines is 1. The maximum atomic E-state index is 5.76. The quantitative estimate of drug-likeness (QED) is 0.602. The van der Waals surface area contributed by atoms with Crippen molar-refractivity contribution >= 4 is 17.4 Å². The fourth-order valence-corrected chi connectivity index (χ4v) is 1.54. The summed E-state index contributed by atoms with van der Waals surface area (Å²) in [5, 5.41) is 3.71. The van der Waals surface area contributed by atoms with Gasteiger partial charge in [-0.1, -0.05) is 11.6 Å². The molecule has 0 radical (unpaired) electrons. The minimum Gasteiger partial charge on any atom is -0.370 e. The molecule has 96 valence electrons. The molecule has 0 spiro atoms. The molecule has 0 bridgehead atoms. The predicted molar refractivity (Wildman–Crippen MR) is 72.5 cm³/mol. The zero-order valence-electron chi connectivity index (χ0n) is 10.8. The Kier molecular flexibility index (Phi) is 6.22. The summed E-state index contributed by atoms with van der Waals surface area (Å²) < 4.78 is 0. The normalized spacial score (nSPS) is 11.2. The van der Waals surface area contributed by atoms with Crippen molar-refractivity contribution in [1.29, 1.82) is 0 Å². The molecule has 1 aromatic heterocycles. The van der Waals surface area contributed by atoms with Gasteiger partial charge in [0.1, 0.15) is 17.3 Å². The highest BCUT2D eigenvalue weighted by Gasteiger charge is 2.01. The van der Waals surface area contributed by atoms with E-state index < -0.39 is 0 Å². The highest BCUT2D eigenvalue weighted by atomic mass is 35.5. The van der Waals surface area contributed by atoms with Crippen molar-refractivity contribution in [1.82, 2.24) is 14.9 Å². The van der Waals surface area contributed by atoms with Crippen molar-refractivity contribution in [2.45, 2.75) is 32.7 Å². The van der Waals surface area contributed by atoms with E-state index in [0.29, 0.717) is 11.2 Å². The van der Waals surface area contributed by atoms with E-state index >= 15 is 0 Å². The Labute approximate surface area is 108 Å². The van der Waals surface area contributed by atoms with Crippen molar-refractivity contribution < 1.29 is 0 Å². The third kappa shape index (κ3) is 5.84. The molecule has 0 aliphatic carbocycles. The number of hydrogen-bond donors (Lipinski definition) is 1. The SMILES string of the molecule is CC(C)N(C)CCCCNc1cc(Cl)ncn1. The van der Waals surface area contributed by atoms with Crippen molar-refractivity contribution in [2.24, 2.45) is 0 Å². The lowest BCUT2D eigenvalue weighted by Crippen LogP contribution is -2.27. The summed E-state index contributed by atoms with van der Waals surface area (Å²) in [5.41, 5.74) is 0. The minimum atomic E-state index is 0.474. The van der Waals surface area contributed by atoms with Crippen LogP contribution >= 0.6 is 11.6 Å². The van der Waals surface area contributed by atoms with Gasteiger partial charge >= 0.3 is 0 Å². The highest BCUT2D eigenvalue weighted by molar-refractivity contribution is 6.29. The van der Waals surface area contributed by atoms with Crippen LogP contribution < -0.4 is 5.32 Å². The lowest BCUT2D eigenvalue weighted by atomic mass is 10.2. The number of nitrogens with zero attached hydrogens (tertiary/aromatic N) is 3. The Hall–Kier alpha value is -0.870. The predicted octanol–water partition coefficient (Wildman–Crippen LogP) is 2.66. The smallest absolute Gasteiger partial charge is 0.134 e. The van der Waals surface area contributed by atoms with E-state index in [1.807, 2.05) is 0 Å². The van der Waals surface area contributed by atoms with Crippen molar-refractivity contribution in [3.05, 3.63) is 17.5 Å². The summed E-state index contributed by atoms with van der Waals surface area (Å²) in [6.07, 6.45) is 3.77. The first-order valence-electron chi connectivity index (χ1n) is 6.01. The van der Waals surface area contributed by atoms with Gasteiger partial charge in [0.2, 0.25) is 0 Å². The van der Waals surface area contributed by atoms with Gasteiger partial charge in [-0.2, -0.15) is 0 Å². The van der Waals surface area contributed by atoms with E-state index in [1.165, 1.54) is 12.7 Å². The summed E-state index contributed by atoms with van der Waals surface area (Å²) in [5.74, 6) is 0.794. The first kappa shape index (κ1) is 14.2. The molecular formula is C12H21ClN4. The van der Waals surface area contributed by atoms with Crippen molar-refractivity contribution in [3.63, 3.8) is 0 Å². The standard InChI is InChI=1S/C12H21ClN4/c1-10(2)17(3)7-5-4-6-14-12-8-11(13)15-9-16-12/h8-10H,4-7H2,1-3H3,(H,14,15,16). The Bertz CT molecular complexity index is 330. The average molecular weight is 257 g/mol. The molecule has 0 fully saturated rings. The van der Waals surface area contributed by atoms with Crippen LogP contribution in [-0.4, -0.2) is 41.0 Å². The molecule has 0 saturated carbocycles. The second-order valence-corrected chi connectivity index (χ2v) is 4.82. The van der Waals surface area contributed by atoms with Crippen molar-refractivity contribution in [2.75, 3.05) is 25.5 Å². The van der Waals surface area contributed by atoms with Crippen LogP contribution in [0.3, 0.4) is 0 Å². The highest BCUT2D eigenvalue weighted by Crippen LogP contribution is 2.08. The first-order chi connectivity index (χ1) is 8.09. The van der Waals surface area contributed by atoms with Crippen molar-refractivity contribution in [3.8, 4) is 0 Å². The molecule has 0 aliphatic heterocycles. The van der Waals surface area contributed by atoms with E-state index in [2.05, 4.69) is 41.1 Å². The Morgan fingerprint density at radius 3 is 2.76 bits per heavy atom. The average Bonchev–Trinajstić information content (AvgIpc) is 2.28. The third-order valence-electron chi connectivity index (χ3n) is 2.76. The molecule has 0 atom stereocenters. The fourth-order valence-electron chi connectivity index (χ4n) is 1.39. The fraction of sp³-hybridized carbons (Fsp3) is 0.667. The molecular weight excluding hydrogens is 236 g/mol. The van der Waals surface area contributed by atoms with Gasteiger partial charge in [-0.05, 0) is 40.3 Å². The molecule has 1 N–H and O–H groups in total. The summed E-state index contributed by atoms with van der Waals surface area (Å²) in [4.78, 5) is 10.3. The number of nitrogens with one attached hydrogen (secondary N) is 1. The zero-order valence-corrected chi connectivity index (χ0v) is 11.5. The van der Waals surface area contributed by atoms with Gasteiger partial charge < -0.3 is 10.2 Å². The van der Waals surface area contributed by atoms with Gasteiger partial charge in [0.15, 0.2) is 0 Å². The van der Waals surface area contributed by atoms with Crippen LogP contribution in [0.1, 0.15) is 26.7 Å². The van der Waals surface area contributed by atoms with Crippen LogP contribution in [0.25, 0.3) is 0 Å². The van der Waals surface area contributed by atoms with Crippen LogP contribution in [0.4, 0.5) is 5.82 Å². The molecule has 0 saturated heterocycles. The van der Waals surface area contributed by atoms with Gasteiger partial charge in [0.25, 0.3) is 0 Å². The second kappa shape index (κ2) is 7.45. The van der Waals surface area contributed by atoms with E-state index in [9.17, 15) is 0 Å². The van der Waals surface area contributed by atoms with E-state index in [1.54, 1.807) is 6.07 Å². The van der Waals surface area contributed by atoms with Gasteiger partial charge in [-0.25, -0.2) is 9.97 Å². The number of unbranched alkanes of at least 4 members (excludes halogenated alkanes) is 1. The number of rotatable bonds is 7. The van der Waals surface area contributed by atoms with Gasteiger partial charge in [-0.15, -0.1) is 0 Å². The van der Waals surface area contributed by atoms with Gasteiger partial charge in [0.05, 0.1) is 0 Å². The molecule has 4 nitrogen and oxygen atoms in total. The van der Waals surface area contributed by atoms with Crippen LogP contribution in [-0.2, 0) is 0 Å². The summed E-state index contributed by atoms with van der Waals surface area (Å²) in [7, 11) is 2.16. The van der Waals surface area contributed by atoms with Crippen LogP contribution in [0.15, 0.2) is 12.4 Å². The van der Waals surface area contributed by atoms with E-state index in [4.69, 9.17) is 11.6 Å². The topological polar surface area (TPSA) is 41.0 Å². The molecule has 0 aromatic carbocycles. The Morgan fingerprint density at radius 1 is 1.35 bits per heavy atom. The monoisotopic (exact) mass is 256 g/mol. The molecule has 1 aromatic rings. The lowest BCUT2D eigenvalue weighted by Gasteiger charge is -2.20. The van der Waals surface area contributed by atoms with Crippen LogP contribution in [0.2, 0.25) is 5.15 Å². The maximum absolute atomic E-state index is 5.76. The molecule has 5 heteroatoms. The number of aromatic nitrogens is 2. The molecule has 1 heterocycles. The molecule has 0 unspecified atom stereocenters. The third-order valence-corrected chi connectivity index (χ3v) is 2.97. The molecule has 0 aliphatic rings. The maximum Gasteiger partial charge on any atom is 0.134 e. The molecule has 17 heavy (non-hydrogen) atoms. The zero-order chi connectivity index (χ0) is 12.7. The Morgan fingerprint density at radius 2 is 2.12 bits per heavy atom. The first-order valence-corrected chi connectivity index (χ1v) is 6.39. The number of halogens is 1. The van der Waals surface area contributed by atoms with Gasteiger partial charge in [0, 0.05) is 18.7 Å². The van der Waals surface area contributed by atoms with Crippen LogP contribution in [0, 0.1) is 0 Å². The molecule has 1 rings (SSSR count). The van der Waals surface area contributed by atoms with E-state index in [0.717, 1.165) is 25.3 Å². The Balaban J connectivity index is 2.12.